The molecule has 6 heteroatoms. The Kier molecular flexibility index (Phi) is 5.72. The summed E-state index contributed by atoms with van der Waals surface area (Å²) < 4.78 is 42.9. The number of aryl methyl sites for hydroxylation is 2. The maximum Gasteiger partial charge on any atom is 0.416 e. The standard InChI is InChI=1S/C19H20F3NO2/c1-12-3-10-17(23)14(11-12)6-9-16(18(24)25-2)13-4-7-15(8-5-13)19(20,21)22/h3-5,7-8,10-11,16H,6,9,23H2,1-2H3. The molecule has 0 aromatic heterocycles. The third-order valence-electron chi connectivity index (χ3n) is 4.13. The summed E-state index contributed by atoms with van der Waals surface area (Å²) in [4.78, 5) is 12.1. The number of methoxy groups -OCH3 is 1. The van der Waals surface area contributed by atoms with Gasteiger partial charge in [-0.2, -0.15) is 13.2 Å². The predicted molar refractivity (Wildman–Crippen MR) is 90.1 cm³/mol. The average molecular weight is 351 g/mol. The van der Waals surface area contributed by atoms with Gasteiger partial charge < -0.3 is 10.5 Å². The average Bonchev–Trinajstić information content (AvgIpc) is 2.57. The van der Waals surface area contributed by atoms with Gasteiger partial charge >= 0.3 is 12.1 Å². The molecule has 2 aromatic carbocycles. The topological polar surface area (TPSA) is 52.3 Å². The Labute approximate surface area is 144 Å². The number of carbonyl (C=O) groups excluding carboxylic acids is 1. The maximum absolute atomic E-state index is 12.7. The van der Waals surface area contributed by atoms with Crippen molar-refractivity contribution in [3.63, 3.8) is 0 Å². The smallest absolute Gasteiger partial charge is 0.416 e. The molecule has 134 valence electrons. The molecule has 0 aliphatic carbocycles. The zero-order valence-corrected chi connectivity index (χ0v) is 14.1. The van der Waals surface area contributed by atoms with Gasteiger partial charge in [-0.05, 0) is 49.1 Å². The van der Waals surface area contributed by atoms with Crippen molar-refractivity contribution in [2.45, 2.75) is 31.9 Å². The van der Waals surface area contributed by atoms with Crippen LogP contribution in [0.4, 0.5) is 18.9 Å². The lowest BCUT2D eigenvalue weighted by Crippen LogP contribution is -2.16. The number of nitrogens with two attached hydrogens (primary N) is 1. The van der Waals surface area contributed by atoms with Crippen molar-refractivity contribution in [1.29, 1.82) is 0 Å². The van der Waals surface area contributed by atoms with E-state index < -0.39 is 23.6 Å². The molecule has 0 aliphatic heterocycles. The Hall–Kier alpha value is -2.50. The molecule has 1 unspecified atom stereocenters. The highest BCUT2D eigenvalue weighted by Crippen LogP contribution is 2.31. The fraction of sp³-hybridized carbons (Fsp3) is 0.316. The van der Waals surface area contributed by atoms with E-state index in [-0.39, 0.29) is 0 Å². The van der Waals surface area contributed by atoms with E-state index in [0.717, 1.165) is 23.3 Å². The first-order chi connectivity index (χ1) is 11.7. The van der Waals surface area contributed by atoms with Crippen LogP contribution in [0.25, 0.3) is 0 Å². The molecule has 0 spiro atoms. The number of rotatable bonds is 5. The lowest BCUT2D eigenvalue weighted by molar-refractivity contribution is -0.142. The van der Waals surface area contributed by atoms with Gasteiger partial charge in [0.1, 0.15) is 0 Å². The monoisotopic (exact) mass is 351 g/mol. The molecule has 2 rings (SSSR count). The van der Waals surface area contributed by atoms with Crippen LogP contribution in [-0.2, 0) is 22.1 Å². The molecular weight excluding hydrogens is 331 g/mol. The summed E-state index contributed by atoms with van der Waals surface area (Å²) in [6.07, 6.45) is -3.49. The molecule has 1 atom stereocenters. The van der Waals surface area contributed by atoms with Gasteiger partial charge in [0.2, 0.25) is 0 Å². The maximum atomic E-state index is 12.7. The molecular formula is C19H20F3NO2. The van der Waals surface area contributed by atoms with E-state index in [1.165, 1.54) is 19.2 Å². The van der Waals surface area contributed by atoms with Gasteiger partial charge in [-0.3, -0.25) is 4.79 Å². The number of ether oxygens (including phenoxy) is 1. The van der Waals surface area contributed by atoms with Crippen molar-refractivity contribution in [1.82, 2.24) is 0 Å². The number of halogens is 3. The second-order valence-electron chi connectivity index (χ2n) is 5.94. The van der Waals surface area contributed by atoms with Crippen LogP contribution >= 0.6 is 0 Å². The Morgan fingerprint density at radius 3 is 2.36 bits per heavy atom. The van der Waals surface area contributed by atoms with Crippen molar-refractivity contribution < 1.29 is 22.7 Å². The minimum absolute atomic E-state index is 0.395. The number of hydrogen-bond acceptors (Lipinski definition) is 3. The Balaban J connectivity index is 2.22. The third-order valence-corrected chi connectivity index (χ3v) is 4.13. The van der Waals surface area contributed by atoms with Crippen molar-refractivity contribution in [3.05, 3.63) is 64.7 Å². The number of hydrogen-bond donors (Lipinski definition) is 1. The molecule has 0 heterocycles. The molecule has 0 saturated carbocycles. The van der Waals surface area contributed by atoms with Gasteiger partial charge in [-0.25, -0.2) is 0 Å². The number of esters is 1. The molecule has 0 amide bonds. The predicted octanol–water partition coefficient (Wildman–Crippen LogP) is 4.49. The van der Waals surface area contributed by atoms with E-state index in [0.29, 0.717) is 24.1 Å². The number of alkyl halides is 3. The molecule has 2 aromatic rings. The van der Waals surface area contributed by atoms with E-state index in [9.17, 15) is 18.0 Å². The summed E-state index contributed by atoms with van der Waals surface area (Å²) in [5.41, 5.74) is 8.27. The molecule has 25 heavy (non-hydrogen) atoms. The van der Waals surface area contributed by atoms with Crippen molar-refractivity contribution in [2.24, 2.45) is 0 Å². The van der Waals surface area contributed by atoms with Crippen molar-refractivity contribution >= 4 is 11.7 Å². The quantitative estimate of drug-likeness (QED) is 0.638. The van der Waals surface area contributed by atoms with Gasteiger partial charge in [0.15, 0.2) is 0 Å². The largest absolute Gasteiger partial charge is 0.469 e. The van der Waals surface area contributed by atoms with Crippen LogP contribution in [0.2, 0.25) is 0 Å². The highest BCUT2D eigenvalue weighted by Gasteiger charge is 2.31. The van der Waals surface area contributed by atoms with E-state index in [2.05, 4.69) is 0 Å². The Morgan fingerprint density at radius 1 is 1.16 bits per heavy atom. The van der Waals surface area contributed by atoms with Crippen LogP contribution in [0.3, 0.4) is 0 Å². The van der Waals surface area contributed by atoms with E-state index in [1.54, 1.807) is 6.07 Å². The van der Waals surface area contributed by atoms with Crippen LogP contribution < -0.4 is 5.73 Å². The van der Waals surface area contributed by atoms with Gasteiger partial charge in [-0.1, -0.05) is 29.8 Å². The molecule has 0 aliphatic rings. The van der Waals surface area contributed by atoms with E-state index in [4.69, 9.17) is 10.5 Å². The number of nitrogen functional groups attached to an aromatic ring is 1. The van der Waals surface area contributed by atoms with Gasteiger partial charge in [0.05, 0.1) is 18.6 Å². The molecule has 2 N–H and O–H groups in total. The minimum Gasteiger partial charge on any atom is -0.469 e. The van der Waals surface area contributed by atoms with Gasteiger partial charge in [-0.15, -0.1) is 0 Å². The van der Waals surface area contributed by atoms with Crippen molar-refractivity contribution in [3.8, 4) is 0 Å². The van der Waals surface area contributed by atoms with Crippen molar-refractivity contribution in [2.75, 3.05) is 12.8 Å². The molecule has 0 bridgehead atoms. The summed E-state index contributed by atoms with van der Waals surface area (Å²) in [6, 6.07) is 10.2. The first-order valence-electron chi connectivity index (χ1n) is 7.82. The second kappa shape index (κ2) is 7.59. The number of benzene rings is 2. The summed E-state index contributed by atoms with van der Waals surface area (Å²) in [5.74, 6) is -1.13. The summed E-state index contributed by atoms with van der Waals surface area (Å²) in [5, 5.41) is 0. The Bertz CT molecular complexity index is 739. The van der Waals surface area contributed by atoms with Gasteiger partial charge in [0.25, 0.3) is 0 Å². The lowest BCUT2D eigenvalue weighted by Gasteiger charge is -2.17. The van der Waals surface area contributed by atoms with E-state index >= 15 is 0 Å². The molecule has 0 radical (unpaired) electrons. The summed E-state index contributed by atoms with van der Waals surface area (Å²) >= 11 is 0. The van der Waals surface area contributed by atoms with Crippen LogP contribution in [0, 0.1) is 6.92 Å². The van der Waals surface area contributed by atoms with Crippen LogP contribution in [0.5, 0.6) is 0 Å². The van der Waals surface area contributed by atoms with Crippen LogP contribution in [0.1, 0.15) is 34.6 Å². The SMILES string of the molecule is COC(=O)C(CCc1cc(C)ccc1N)c1ccc(C(F)(F)F)cc1. The number of anilines is 1. The zero-order chi connectivity index (χ0) is 18.6. The van der Waals surface area contributed by atoms with Gasteiger partial charge in [0, 0.05) is 5.69 Å². The fourth-order valence-electron chi connectivity index (χ4n) is 2.72. The second-order valence-corrected chi connectivity index (χ2v) is 5.94. The van der Waals surface area contributed by atoms with Crippen LogP contribution in [0.15, 0.2) is 42.5 Å². The fourth-order valence-corrected chi connectivity index (χ4v) is 2.72. The highest BCUT2D eigenvalue weighted by molar-refractivity contribution is 5.78. The molecule has 3 nitrogen and oxygen atoms in total. The number of carbonyl (C=O) groups is 1. The first-order valence-corrected chi connectivity index (χ1v) is 7.82. The highest BCUT2D eigenvalue weighted by atomic mass is 19.4. The Morgan fingerprint density at radius 2 is 1.80 bits per heavy atom. The third kappa shape index (κ3) is 4.75. The van der Waals surface area contributed by atoms with E-state index in [1.807, 2.05) is 19.1 Å². The first kappa shape index (κ1) is 18.8. The minimum atomic E-state index is -4.41. The molecule has 0 saturated heterocycles. The lowest BCUT2D eigenvalue weighted by atomic mass is 9.91. The molecule has 0 fully saturated rings. The summed E-state index contributed by atoms with van der Waals surface area (Å²) in [6.45, 7) is 1.94. The zero-order valence-electron chi connectivity index (χ0n) is 14.1. The summed E-state index contributed by atoms with van der Waals surface area (Å²) in [7, 11) is 1.26. The van der Waals surface area contributed by atoms with Crippen LogP contribution in [-0.4, -0.2) is 13.1 Å². The normalized spacial score (nSPS) is 12.7.